The minimum Gasteiger partial charge on any atom is -0.268 e. The highest BCUT2D eigenvalue weighted by Gasteiger charge is 2.12. The lowest BCUT2D eigenvalue weighted by Crippen LogP contribution is -2.22. The molecular weight excluding hydrogens is 379 g/mol. The monoisotopic (exact) mass is 392 g/mol. The fraction of sp³-hybridized carbons (Fsp3) is 0. The molecule has 0 aliphatic heterocycles. The molecule has 1 aromatic heterocycles. The molecular formula is C22H14Cl2N2O. The number of rotatable bonds is 3. The molecule has 5 heteroatoms. The smallest absolute Gasteiger partial charge is 0.266 e. The van der Waals surface area contributed by atoms with Crippen molar-refractivity contribution in [1.82, 2.24) is 9.55 Å². The molecule has 0 fully saturated rings. The third-order valence-corrected chi connectivity index (χ3v) is 4.57. The van der Waals surface area contributed by atoms with Crippen LogP contribution in [-0.2, 0) is 0 Å². The summed E-state index contributed by atoms with van der Waals surface area (Å²) in [6.45, 7) is 0. The Balaban J connectivity index is 1.98. The van der Waals surface area contributed by atoms with E-state index < -0.39 is 0 Å². The van der Waals surface area contributed by atoms with Gasteiger partial charge >= 0.3 is 0 Å². The number of halogens is 2. The van der Waals surface area contributed by atoms with Gasteiger partial charge in [-0.3, -0.25) is 9.36 Å². The van der Waals surface area contributed by atoms with Crippen molar-refractivity contribution in [3.8, 4) is 5.69 Å². The lowest BCUT2D eigenvalue weighted by Gasteiger charge is -2.12. The van der Waals surface area contributed by atoms with Crippen LogP contribution < -0.4 is 5.56 Å². The maximum atomic E-state index is 13.2. The number of aromatic nitrogens is 2. The van der Waals surface area contributed by atoms with Gasteiger partial charge in [0.15, 0.2) is 0 Å². The molecule has 4 rings (SSSR count). The minimum absolute atomic E-state index is 0.174. The van der Waals surface area contributed by atoms with Crippen molar-refractivity contribution in [2.75, 3.05) is 0 Å². The molecule has 1 heterocycles. The highest BCUT2D eigenvalue weighted by molar-refractivity contribution is 6.34. The van der Waals surface area contributed by atoms with E-state index in [4.69, 9.17) is 23.2 Å². The van der Waals surface area contributed by atoms with Crippen molar-refractivity contribution in [3.63, 3.8) is 0 Å². The van der Waals surface area contributed by atoms with E-state index in [9.17, 15) is 4.79 Å². The van der Waals surface area contributed by atoms with Crippen LogP contribution in [0.15, 0.2) is 77.6 Å². The molecule has 0 saturated carbocycles. The van der Waals surface area contributed by atoms with Crippen molar-refractivity contribution >= 4 is 46.3 Å². The zero-order valence-corrected chi connectivity index (χ0v) is 15.7. The highest BCUT2D eigenvalue weighted by atomic mass is 35.5. The standard InChI is InChI=1S/C22H14Cl2N2O/c23-16-12-17(24)14-18(13-16)26-21(11-10-15-6-2-1-3-7-15)25-20-9-5-4-8-19(20)22(26)27/h1-14H. The number of nitrogens with zero attached hydrogens (tertiary/aromatic N) is 2. The predicted molar refractivity (Wildman–Crippen MR) is 113 cm³/mol. The molecule has 132 valence electrons. The summed E-state index contributed by atoms with van der Waals surface area (Å²) >= 11 is 12.3. The van der Waals surface area contributed by atoms with E-state index in [1.54, 1.807) is 24.3 Å². The van der Waals surface area contributed by atoms with Crippen LogP contribution in [0.3, 0.4) is 0 Å². The van der Waals surface area contributed by atoms with Gasteiger partial charge in [0.05, 0.1) is 16.6 Å². The first-order chi connectivity index (χ1) is 13.1. The Morgan fingerprint density at radius 1 is 0.815 bits per heavy atom. The van der Waals surface area contributed by atoms with E-state index in [1.807, 2.05) is 60.7 Å². The summed E-state index contributed by atoms with van der Waals surface area (Å²) in [5.74, 6) is 0.501. The molecule has 0 N–H and O–H groups in total. The van der Waals surface area contributed by atoms with Gasteiger partial charge in [0.2, 0.25) is 0 Å². The number of benzene rings is 3. The van der Waals surface area contributed by atoms with Crippen LogP contribution in [0.25, 0.3) is 28.7 Å². The largest absolute Gasteiger partial charge is 0.268 e. The second-order valence-electron chi connectivity index (χ2n) is 6.00. The Hall–Kier alpha value is -2.88. The van der Waals surface area contributed by atoms with Gasteiger partial charge in [-0.1, -0.05) is 71.7 Å². The SMILES string of the molecule is O=c1c2ccccc2nc(C=Cc2ccccc2)n1-c1cc(Cl)cc(Cl)c1. The van der Waals surface area contributed by atoms with Gasteiger partial charge < -0.3 is 0 Å². The first kappa shape index (κ1) is 17.5. The quantitative estimate of drug-likeness (QED) is 0.437. The lowest BCUT2D eigenvalue weighted by atomic mass is 10.2. The Kier molecular flexibility index (Phi) is 4.80. The van der Waals surface area contributed by atoms with Crippen LogP contribution in [0.4, 0.5) is 0 Å². The first-order valence-corrected chi connectivity index (χ1v) is 9.09. The van der Waals surface area contributed by atoms with Gasteiger partial charge in [0.25, 0.3) is 5.56 Å². The van der Waals surface area contributed by atoms with Crippen LogP contribution in [0.2, 0.25) is 10.0 Å². The number of hydrogen-bond donors (Lipinski definition) is 0. The average Bonchev–Trinajstić information content (AvgIpc) is 2.66. The first-order valence-electron chi connectivity index (χ1n) is 8.33. The molecule has 0 amide bonds. The van der Waals surface area contributed by atoms with E-state index in [0.29, 0.717) is 32.5 Å². The summed E-state index contributed by atoms with van der Waals surface area (Å²) < 4.78 is 1.53. The van der Waals surface area contributed by atoms with Gasteiger partial charge in [-0.05, 0) is 42.0 Å². The fourth-order valence-corrected chi connectivity index (χ4v) is 3.43. The van der Waals surface area contributed by atoms with Crippen molar-refractivity contribution in [3.05, 3.63) is 105 Å². The normalized spacial score (nSPS) is 11.3. The molecule has 0 bridgehead atoms. The summed E-state index contributed by atoms with van der Waals surface area (Å²) in [7, 11) is 0. The van der Waals surface area contributed by atoms with E-state index >= 15 is 0 Å². The maximum Gasteiger partial charge on any atom is 0.266 e. The molecule has 27 heavy (non-hydrogen) atoms. The van der Waals surface area contributed by atoms with Crippen molar-refractivity contribution in [2.45, 2.75) is 0 Å². The maximum absolute atomic E-state index is 13.2. The highest BCUT2D eigenvalue weighted by Crippen LogP contribution is 2.23. The molecule has 0 atom stereocenters. The Labute approximate surface area is 166 Å². The van der Waals surface area contributed by atoms with Crippen LogP contribution in [0.1, 0.15) is 11.4 Å². The molecule has 0 radical (unpaired) electrons. The molecule has 0 saturated heterocycles. The van der Waals surface area contributed by atoms with Gasteiger partial charge in [-0.2, -0.15) is 0 Å². The minimum atomic E-state index is -0.174. The van der Waals surface area contributed by atoms with Crippen LogP contribution in [0.5, 0.6) is 0 Å². The number of hydrogen-bond acceptors (Lipinski definition) is 2. The zero-order chi connectivity index (χ0) is 18.8. The van der Waals surface area contributed by atoms with E-state index in [2.05, 4.69) is 4.98 Å². The lowest BCUT2D eigenvalue weighted by molar-refractivity contribution is 0.944. The summed E-state index contributed by atoms with van der Waals surface area (Å²) in [6, 6.07) is 22.1. The summed E-state index contributed by atoms with van der Waals surface area (Å²) in [5.41, 5.74) is 2.05. The molecule has 4 aromatic rings. The predicted octanol–water partition coefficient (Wildman–Crippen LogP) is 5.86. The van der Waals surface area contributed by atoms with Gasteiger partial charge in [-0.15, -0.1) is 0 Å². The zero-order valence-electron chi connectivity index (χ0n) is 14.1. The third kappa shape index (κ3) is 3.65. The summed E-state index contributed by atoms with van der Waals surface area (Å²) in [6.07, 6.45) is 3.73. The molecule has 0 aliphatic carbocycles. The van der Waals surface area contributed by atoms with Crippen molar-refractivity contribution in [2.24, 2.45) is 0 Å². The topological polar surface area (TPSA) is 34.9 Å². The molecule has 3 aromatic carbocycles. The third-order valence-electron chi connectivity index (χ3n) is 4.13. The number of para-hydroxylation sites is 1. The molecule has 0 unspecified atom stereocenters. The summed E-state index contributed by atoms with van der Waals surface area (Å²) in [5, 5.41) is 1.44. The second kappa shape index (κ2) is 7.39. The van der Waals surface area contributed by atoms with Crippen molar-refractivity contribution < 1.29 is 0 Å². The fourth-order valence-electron chi connectivity index (χ4n) is 2.91. The Bertz CT molecular complexity index is 1190. The second-order valence-corrected chi connectivity index (χ2v) is 6.87. The summed E-state index contributed by atoms with van der Waals surface area (Å²) in [4.78, 5) is 17.9. The van der Waals surface area contributed by atoms with Gasteiger partial charge in [-0.25, -0.2) is 4.98 Å². The Morgan fingerprint density at radius 3 is 2.22 bits per heavy atom. The molecule has 0 aliphatic rings. The van der Waals surface area contributed by atoms with Gasteiger partial charge in [0, 0.05) is 10.0 Å². The van der Waals surface area contributed by atoms with Gasteiger partial charge in [0.1, 0.15) is 5.82 Å². The Morgan fingerprint density at radius 2 is 1.48 bits per heavy atom. The van der Waals surface area contributed by atoms with E-state index in [-0.39, 0.29) is 5.56 Å². The molecule has 3 nitrogen and oxygen atoms in total. The van der Waals surface area contributed by atoms with Crippen LogP contribution in [-0.4, -0.2) is 9.55 Å². The van der Waals surface area contributed by atoms with Crippen LogP contribution >= 0.6 is 23.2 Å². The number of fused-ring (bicyclic) bond motifs is 1. The molecule has 0 spiro atoms. The average molecular weight is 393 g/mol. The van der Waals surface area contributed by atoms with Crippen LogP contribution in [0, 0.1) is 0 Å². The van der Waals surface area contributed by atoms with E-state index in [1.165, 1.54) is 4.57 Å². The van der Waals surface area contributed by atoms with Crippen molar-refractivity contribution in [1.29, 1.82) is 0 Å². The van der Waals surface area contributed by atoms with E-state index in [0.717, 1.165) is 5.56 Å².